The molecule has 0 bridgehead atoms. The van der Waals surface area contributed by atoms with Gasteiger partial charge >= 0.3 is 0 Å². The van der Waals surface area contributed by atoms with E-state index in [0.717, 1.165) is 5.56 Å². The van der Waals surface area contributed by atoms with Gasteiger partial charge in [0.15, 0.2) is 0 Å². The Morgan fingerprint density at radius 3 is 2.14 bits per heavy atom. The number of hydrogen-bond donors (Lipinski definition) is 1. The Morgan fingerprint density at radius 2 is 1.52 bits per heavy atom. The molecule has 0 aromatic heterocycles. The molecule has 112 valence electrons. The van der Waals surface area contributed by atoms with E-state index in [2.05, 4.69) is 38.2 Å². The Balaban J connectivity index is 2.15. The van der Waals surface area contributed by atoms with E-state index < -0.39 is 11.6 Å². The zero-order valence-corrected chi connectivity index (χ0v) is 12.9. The summed E-state index contributed by atoms with van der Waals surface area (Å²) in [4.78, 5) is 0. The van der Waals surface area contributed by atoms with Crippen molar-refractivity contribution < 1.29 is 8.78 Å². The van der Waals surface area contributed by atoms with Crippen molar-refractivity contribution in [2.75, 3.05) is 0 Å². The van der Waals surface area contributed by atoms with Gasteiger partial charge in [-0.25, -0.2) is 8.78 Å². The molecule has 0 aliphatic carbocycles. The molecular formula is C18H21F2N. The van der Waals surface area contributed by atoms with Crippen LogP contribution in [0.15, 0.2) is 30.3 Å². The van der Waals surface area contributed by atoms with E-state index in [1.54, 1.807) is 6.92 Å². The summed E-state index contributed by atoms with van der Waals surface area (Å²) in [5.41, 5.74) is 4.92. The van der Waals surface area contributed by atoms with E-state index in [0.29, 0.717) is 6.54 Å². The van der Waals surface area contributed by atoms with Gasteiger partial charge in [-0.1, -0.05) is 18.2 Å². The molecule has 0 amide bonds. The average molecular weight is 289 g/mol. The van der Waals surface area contributed by atoms with Crippen LogP contribution in [0.1, 0.15) is 40.8 Å². The van der Waals surface area contributed by atoms with Crippen molar-refractivity contribution in [1.82, 2.24) is 5.32 Å². The molecule has 1 nitrogen and oxygen atoms in total. The van der Waals surface area contributed by atoms with E-state index in [9.17, 15) is 8.78 Å². The maximum Gasteiger partial charge on any atom is 0.130 e. The maximum absolute atomic E-state index is 13.7. The first-order chi connectivity index (χ1) is 9.90. The Labute approximate surface area is 125 Å². The van der Waals surface area contributed by atoms with Gasteiger partial charge in [-0.05, 0) is 62.1 Å². The molecule has 2 aromatic carbocycles. The number of rotatable bonds is 4. The molecule has 1 unspecified atom stereocenters. The molecule has 2 aromatic rings. The maximum atomic E-state index is 13.7. The largest absolute Gasteiger partial charge is 0.306 e. The molecule has 3 heteroatoms. The lowest BCUT2D eigenvalue weighted by molar-refractivity contribution is 0.487. The van der Waals surface area contributed by atoms with Crippen LogP contribution in [-0.2, 0) is 6.54 Å². The molecular weight excluding hydrogens is 268 g/mol. The molecule has 0 aliphatic heterocycles. The van der Waals surface area contributed by atoms with Crippen LogP contribution in [0.4, 0.5) is 8.78 Å². The van der Waals surface area contributed by atoms with E-state index in [1.165, 1.54) is 34.9 Å². The van der Waals surface area contributed by atoms with Crippen LogP contribution < -0.4 is 5.32 Å². The number of benzene rings is 2. The molecule has 21 heavy (non-hydrogen) atoms. The van der Waals surface area contributed by atoms with Gasteiger partial charge in [0.25, 0.3) is 0 Å². The summed E-state index contributed by atoms with van der Waals surface area (Å²) in [5, 5.41) is 3.20. The first kappa shape index (κ1) is 15.6. The molecule has 1 atom stereocenters. The van der Waals surface area contributed by atoms with Gasteiger partial charge in [0.05, 0.1) is 0 Å². The molecule has 0 heterocycles. The van der Waals surface area contributed by atoms with Gasteiger partial charge in [0, 0.05) is 18.2 Å². The Kier molecular flexibility index (Phi) is 4.73. The first-order valence-corrected chi connectivity index (χ1v) is 7.14. The summed E-state index contributed by atoms with van der Waals surface area (Å²) in [6.07, 6.45) is 0. The number of hydrogen-bond acceptors (Lipinski definition) is 1. The summed E-state index contributed by atoms with van der Waals surface area (Å²) in [6, 6.07) is 7.85. The molecule has 2 rings (SSSR count). The SMILES string of the molecule is Cc1cc(C)c(CNC(C)c2c(F)cccc2F)cc1C. The minimum Gasteiger partial charge on any atom is -0.306 e. The van der Waals surface area contributed by atoms with E-state index in [4.69, 9.17) is 0 Å². The van der Waals surface area contributed by atoms with Gasteiger partial charge in [-0.3, -0.25) is 0 Å². The second-order valence-corrected chi connectivity index (χ2v) is 5.60. The van der Waals surface area contributed by atoms with Crippen LogP contribution in [0.2, 0.25) is 0 Å². The van der Waals surface area contributed by atoms with Crippen molar-refractivity contribution >= 4 is 0 Å². The van der Waals surface area contributed by atoms with Gasteiger partial charge in [-0.2, -0.15) is 0 Å². The van der Waals surface area contributed by atoms with Crippen molar-refractivity contribution in [3.8, 4) is 0 Å². The summed E-state index contributed by atoms with van der Waals surface area (Å²) in [5.74, 6) is -1.02. The zero-order chi connectivity index (χ0) is 15.6. The van der Waals surface area contributed by atoms with Crippen LogP contribution in [-0.4, -0.2) is 0 Å². The third-order valence-corrected chi connectivity index (χ3v) is 3.98. The number of halogens is 2. The highest BCUT2D eigenvalue weighted by molar-refractivity contribution is 5.36. The molecule has 1 N–H and O–H groups in total. The van der Waals surface area contributed by atoms with Crippen molar-refractivity contribution in [2.24, 2.45) is 0 Å². The lowest BCUT2D eigenvalue weighted by Gasteiger charge is -2.17. The second kappa shape index (κ2) is 6.35. The predicted octanol–water partition coefficient (Wildman–Crippen LogP) is 4.74. The third-order valence-electron chi connectivity index (χ3n) is 3.98. The van der Waals surface area contributed by atoms with E-state index in [-0.39, 0.29) is 11.6 Å². The lowest BCUT2D eigenvalue weighted by Crippen LogP contribution is -2.21. The normalized spacial score (nSPS) is 12.5. The fourth-order valence-electron chi connectivity index (χ4n) is 2.50. The molecule has 0 saturated carbocycles. The smallest absolute Gasteiger partial charge is 0.130 e. The Morgan fingerprint density at radius 1 is 0.952 bits per heavy atom. The minimum atomic E-state index is -0.508. The third kappa shape index (κ3) is 3.48. The van der Waals surface area contributed by atoms with Crippen LogP contribution >= 0.6 is 0 Å². The van der Waals surface area contributed by atoms with Gasteiger partial charge < -0.3 is 5.32 Å². The molecule has 0 radical (unpaired) electrons. The quantitative estimate of drug-likeness (QED) is 0.857. The zero-order valence-electron chi connectivity index (χ0n) is 12.9. The van der Waals surface area contributed by atoms with Crippen LogP contribution in [0, 0.1) is 32.4 Å². The number of aryl methyl sites for hydroxylation is 3. The molecule has 0 aliphatic rings. The second-order valence-electron chi connectivity index (χ2n) is 5.60. The van der Waals surface area contributed by atoms with Gasteiger partial charge in [0.1, 0.15) is 11.6 Å². The molecule has 0 spiro atoms. The summed E-state index contributed by atoms with van der Waals surface area (Å²) < 4.78 is 27.5. The van der Waals surface area contributed by atoms with Crippen LogP contribution in [0.3, 0.4) is 0 Å². The van der Waals surface area contributed by atoms with Crippen LogP contribution in [0.25, 0.3) is 0 Å². The molecule has 0 saturated heterocycles. The minimum absolute atomic E-state index is 0.0963. The molecule has 0 fully saturated rings. The number of nitrogens with one attached hydrogen (secondary N) is 1. The predicted molar refractivity (Wildman–Crippen MR) is 82.3 cm³/mol. The van der Waals surface area contributed by atoms with E-state index in [1.807, 2.05) is 0 Å². The van der Waals surface area contributed by atoms with Gasteiger partial charge in [0.2, 0.25) is 0 Å². The van der Waals surface area contributed by atoms with Crippen LogP contribution in [0.5, 0.6) is 0 Å². The fourth-order valence-corrected chi connectivity index (χ4v) is 2.50. The highest BCUT2D eigenvalue weighted by atomic mass is 19.1. The highest BCUT2D eigenvalue weighted by Crippen LogP contribution is 2.21. The average Bonchev–Trinajstić information content (AvgIpc) is 2.41. The monoisotopic (exact) mass is 289 g/mol. The Hall–Kier alpha value is -1.74. The topological polar surface area (TPSA) is 12.0 Å². The van der Waals surface area contributed by atoms with Crippen molar-refractivity contribution in [3.05, 3.63) is 69.8 Å². The van der Waals surface area contributed by atoms with E-state index >= 15 is 0 Å². The summed E-state index contributed by atoms with van der Waals surface area (Å²) in [7, 11) is 0. The lowest BCUT2D eigenvalue weighted by atomic mass is 10.00. The fraction of sp³-hybridized carbons (Fsp3) is 0.333. The van der Waals surface area contributed by atoms with Gasteiger partial charge in [-0.15, -0.1) is 0 Å². The Bertz CT molecular complexity index is 630. The first-order valence-electron chi connectivity index (χ1n) is 7.14. The standard InChI is InChI=1S/C18H21F2N/c1-11-8-13(3)15(9-12(11)2)10-21-14(4)18-16(19)6-5-7-17(18)20/h5-9,14,21H,10H2,1-4H3. The van der Waals surface area contributed by atoms with Crippen molar-refractivity contribution in [3.63, 3.8) is 0 Å². The summed E-state index contributed by atoms with van der Waals surface area (Å²) in [6.45, 7) is 8.56. The van der Waals surface area contributed by atoms with Crippen molar-refractivity contribution in [2.45, 2.75) is 40.3 Å². The van der Waals surface area contributed by atoms with Crippen molar-refractivity contribution in [1.29, 1.82) is 0 Å². The summed E-state index contributed by atoms with van der Waals surface area (Å²) >= 11 is 0. The highest BCUT2D eigenvalue weighted by Gasteiger charge is 2.15.